The second-order valence-corrected chi connectivity index (χ2v) is 6.97. The lowest BCUT2D eigenvalue weighted by Crippen LogP contribution is -2.14. The Balaban J connectivity index is 1.82. The van der Waals surface area contributed by atoms with Crippen molar-refractivity contribution in [2.24, 2.45) is 16.6 Å². The first kappa shape index (κ1) is 16.5. The van der Waals surface area contributed by atoms with Crippen LogP contribution in [0.15, 0.2) is 41.3 Å². The highest BCUT2D eigenvalue weighted by atomic mass is 14.9. The number of nitrogen functional groups attached to an aromatic ring is 1. The van der Waals surface area contributed by atoms with Gasteiger partial charge in [-0.15, -0.1) is 0 Å². The summed E-state index contributed by atoms with van der Waals surface area (Å²) in [7, 11) is 0. The monoisotopic (exact) mass is 345 g/mol. The Kier molecular flexibility index (Phi) is 4.29. The predicted octanol–water partition coefficient (Wildman–Crippen LogP) is 3.95. The average Bonchev–Trinajstić information content (AvgIpc) is 3.43. The van der Waals surface area contributed by atoms with E-state index in [1.807, 2.05) is 19.2 Å². The van der Waals surface area contributed by atoms with E-state index in [9.17, 15) is 0 Å². The first-order valence-electron chi connectivity index (χ1n) is 9.04. The molecular weight excluding hydrogens is 322 g/mol. The third kappa shape index (κ3) is 3.38. The van der Waals surface area contributed by atoms with Crippen molar-refractivity contribution in [3.05, 3.63) is 53.0 Å². The topological polar surface area (TPSA) is 90.2 Å². The summed E-state index contributed by atoms with van der Waals surface area (Å²) < 4.78 is 0. The van der Waals surface area contributed by atoms with Crippen molar-refractivity contribution in [1.82, 2.24) is 9.97 Å². The van der Waals surface area contributed by atoms with Gasteiger partial charge in [-0.25, -0.2) is 9.98 Å². The number of hydrogen-bond acceptors (Lipinski definition) is 4. The molecule has 0 atom stereocenters. The van der Waals surface area contributed by atoms with Crippen LogP contribution in [-0.2, 0) is 0 Å². The number of nitrogens with zero attached hydrogens (tertiary/aromatic N) is 3. The molecule has 0 aliphatic heterocycles. The second-order valence-electron chi connectivity index (χ2n) is 6.97. The highest BCUT2D eigenvalue weighted by molar-refractivity contribution is 5.87. The minimum Gasteiger partial charge on any atom is -0.387 e. The minimum atomic E-state index is 0.465. The fourth-order valence-corrected chi connectivity index (χ4v) is 3.17. The van der Waals surface area contributed by atoms with Crippen LogP contribution >= 0.6 is 0 Å². The number of allylic oxidation sites excluding steroid dienone is 2. The van der Waals surface area contributed by atoms with Crippen molar-refractivity contribution in [3.63, 3.8) is 0 Å². The number of aromatic nitrogens is 2. The molecule has 0 unspecified atom stereocenters. The number of fused-ring (bicyclic) bond motifs is 1. The van der Waals surface area contributed by atoms with E-state index in [1.165, 1.54) is 0 Å². The Morgan fingerprint density at radius 1 is 1.31 bits per heavy atom. The first-order valence-corrected chi connectivity index (χ1v) is 9.04. The zero-order chi connectivity index (χ0) is 18.1. The summed E-state index contributed by atoms with van der Waals surface area (Å²) in [6.07, 6.45) is 14.0. The lowest BCUT2D eigenvalue weighted by atomic mass is 9.99. The zero-order valence-electron chi connectivity index (χ0n) is 14.9. The molecule has 4 N–H and O–H groups in total. The third-order valence-electron chi connectivity index (χ3n) is 4.88. The van der Waals surface area contributed by atoms with Gasteiger partial charge in [0.1, 0.15) is 11.7 Å². The maximum Gasteiger partial charge on any atom is 0.131 e. The number of aryl methyl sites for hydroxylation is 1. The second kappa shape index (κ2) is 6.75. The van der Waals surface area contributed by atoms with Gasteiger partial charge in [-0.3, -0.25) is 4.98 Å². The molecule has 0 spiro atoms. The van der Waals surface area contributed by atoms with E-state index in [0.29, 0.717) is 11.7 Å². The molecule has 2 aromatic rings. The van der Waals surface area contributed by atoms with Gasteiger partial charge in [-0.2, -0.15) is 0 Å². The molecule has 5 nitrogen and oxygen atoms in total. The van der Waals surface area contributed by atoms with Gasteiger partial charge in [0.2, 0.25) is 0 Å². The third-order valence-corrected chi connectivity index (χ3v) is 4.88. The van der Waals surface area contributed by atoms with Crippen molar-refractivity contribution < 1.29 is 0 Å². The van der Waals surface area contributed by atoms with Crippen LogP contribution in [0.1, 0.15) is 42.4 Å². The molecule has 1 saturated carbocycles. The molecule has 2 aromatic heterocycles. The Hall–Kier alpha value is -2.95. The summed E-state index contributed by atoms with van der Waals surface area (Å²) in [5.74, 6) is 1.74. The predicted molar refractivity (Wildman–Crippen MR) is 107 cm³/mol. The number of amidine groups is 1. The Labute approximate surface area is 153 Å². The van der Waals surface area contributed by atoms with Crippen LogP contribution in [0.25, 0.3) is 23.4 Å². The largest absolute Gasteiger partial charge is 0.387 e. The summed E-state index contributed by atoms with van der Waals surface area (Å²) in [4.78, 5) is 13.5. The molecule has 2 aliphatic carbocycles. The van der Waals surface area contributed by atoms with E-state index in [2.05, 4.69) is 34.3 Å². The number of aliphatic imine (C=N–C) groups is 1. The molecule has 26 heavy (non-hydrogen) atoms. The maximum absolute atomic E-state index is 6.28. The van der Waals surface area contributed by atoms with Crippen LogP contribution in [0, 0.1) is 12.8 Å². The summed E-state index contributed by atoms with van der Waals surface area (Å²) in [5, 5.41) is 0. The van der Waals surface area contributed by atoms with Gasteiger partial charge in [0.15, 0.2) is 0 Å². The van der Waals surface area contributed by atoms with E-state index >= 15 is 0 Å². The Morgan fingerprint density at radius 2 is 2.15 bits per heavy atom. The van der Waals surface area contributed by atoms with Crippen LogP contribution in [0.5, 0.6) is 0 Å². The van der Waals surface area contributed by atoms with Crippen molar-refractivity contribution in [3.8, 4) is 11.3 Å². The number of rotatable bonds is 3. The van der Waals surface area contributed by atoms with Crippen molar-refractivity contribution in [2.75, 3.05) is 5.73 Å². The molecule has 0 saturated heterocycles. The molecule has 4 rings (SSSR count). The highest BCUT2D eigenvalue weighted by Gasteiger charge is 2.25. The van der Waals surface area contributed by atoms with E-state index in [0.717, 1.165) is 65.2 Å². The molecular formula is C21H23N5. The molecule has 0 amide bonds. The molecule has 1 fully saturated rings. The summed E-state index contributed by atoms with van der Waals surface area (Å²) in [5.41, 5.74) is 18.3. The summed E-state index contributed by atoms with van der Waals surface area (Å²) in [6, 6.07) is 4.04. The molecule has 0 radical (unpaired) electrons. The van der Waals surface area contributed by atoms with Crippen LogP contribution < -0.4 is 11.5 Å². The van der Waals surface area contributed by atoms with E-state index < -0.39 is 0 Å². The lowest BCUT2D eigenvalue weighted by molar-refractivity contribution is 0.959. The van der Waals surface area contributed by atoms with Crippen LogP contribution in [0.2, 0.25) is 0 Å². The van der Waals surface area contributed by atoms with Crippen molar-refractivity contribution in [2.45, 2.75) is 32.6 Å². The van der Waals surface area contributed by atoms with Gasteiger partial charge in [-0.05, 0) is 61.9 Å². The maximum atomic E-state index is 6.28. The van der Waals surface area contributed by atoms with Gasteiger partial charge in [0.05, 0.1) is 5.69 Å². The van der Waals surface area contributed by atoms with Gasteiger partial charge in [-0.1, -0.05) is 12.2 Å². The summed E-state index contributed by atoms with van der Waals surface area (Å²) in [6.45, 7) is 2.05. The fraction of sp³-hybridized carbons (Fsp3) is 0.286. The molecule has 0 aromatic carbocycles. The normalized spacial score (nSPS) is 18.5. The van der Waals surface area contributed by atoms with Crippen molar-refractivity contribution in [1.29, 1.82) is 0 Å². The number of hydrogen-bond donors (Lipinski definition) is 2. The van der Waals surface area contributed by atoms with Crippen LogP contribution in [0.4, 0.5) is 5.82 Å². The van der Waals surface area contributed by atoms with Gasteiger partial charge < -0.3 is 11.5 Å². The fourth-order valence-electron chi connectivity index (χ4n) is 3.17. The van der Waals surface area contributed by atoms with Gasteiger partial charge >= 0.3 is 0 Å². The molecule has 132 valence electrons. The van der Waals surface area contributed by atoms with E-state index in [4.69, 9.17) is 16.5 Å². The number of pyridine rings is 2. The molecule has 2 aliphatic rings. The molecule has 5 heteroatoms. The van der Waals surface area contributed by atoms with Crippen molar-refractivity contribution >= 4 is 23.8 Å². The average molecular weight is 345 g/mol. The van der Waals surface area contributed by atoms with Crippen LogP contribution in [0.3, 0.4) is 0 Å². The number of anilines is 1. The standard InChI is InChI=1S/C21H23N5/c1-13-8-9-24-12-18(13)19-11-15-10-16(25-20(22)14-6-7-14)4-2-3-5-17(15)21(23)26-19/h3,5,8-12,14H,2,4,6-7H2,1H3,(H2,22,25)(H2,23,26)/b5-3-,16-10?. The molecule has 0 bridgehead atoms. The minimum absolute atomic E-state index is 0.465. The lowest BCUT2D eigenvalue weighted by Gasteiger charge is -2.13. The highest BCUT2D eigenvalue weighted by Crippen LogP contribution is 2.32. The smallest absolute Gasteiger partial charge is 0.131 e. The Morgan fingerprint density at radius 3 is 2.92 bits per heavy atom. The van der Waals surface area contributed by atoms with E-state index in [1.54, 1.807) is 6.20 Å². The van der Waals surface area contributed by atoms with Crippen LogP contribution in [-0.4, -0.2) is 15.8 Å². The SMILES string of the molecule is Cc1ccncc1-c1cc2c(c(N)n1)/C=C\CCC(N=C(N)C1CC1)=C2. The molecule has 2 heterocycles. The van der Waals surface area contributed by atoms with E-state index in [-0.39, 0.29) is 0 Å². The van der Waals surface area contributed by atoms with Gasteiger partial charge in [0, 0.05) is 35.1 Å². The zero-order valence-corrected chi connectivity index (χ0v) is 14.9. The Bertz CT molecular complexity index is 935. The quantitative estimate of drug-likeness (QED) is 0.651. The first-order chi connectivity index (χ1) is 12.6. The van der Waals surface area contributed by atoms with Gasteiger partial charge in [0.25, 0.3) is 0 Å². The number of nitrogens with two attached hydrogens (primary N) is 2. The summed E-state index contributed by atoms with van der Waals surface area (Å²) >= 11 is 0.